The molecule has 5 nitrogen and oxygen atoms in total. The molecule has 0 saturated carbocycles. The summed E-state index contributed by atoms with van der Waals surface area (Å²) in [5.41, 5.74) is -1.10. The minimum Gasteiger partial charge on any atom is -0.466 e. The van der Waals surface area contributed by atoms with Crippen LogP contribution in [0.1, 0.15) is 18.9 Å². The van der Waals surface area contributed by atoms with E-state index in [1.54, 1.807) is 6.92 Å². The van der Waals surface area contributed by atoms with Gasteiger partial charge in [-0.1, -0.05) is 12.2 Å². The molecule has 0 aliphatic carbocycles. The molecule has 0 spiro atoms. The Morgan fingerprint density at radius 2 is 2.00 bits per heavy atom. The van der Waals surface area contributed by atoms with Gasteiger partial charge in [-0.15, -0.1) is 0 Å². The second-order valence-electron chi connectivity index (χ2n) is 3.50. The highest BCUT2D eigenvalue weighted by molar-refractivity contribution is 5.72. The van der Waals surface area contributed by atoms with Crippen molar-refractivity contribution in [2.45, 2.75) is 13.3 Å². The standard InChI is InChI=1S/C12H11F2NO4/c1-2-19-11(16)5-3-4-8-6-9(13)12(15(17)18)10(14)7-8/h3-4,6-7H,2,5H2,1H3. The monoisotopic (exact) mass is 271 g/mol. The van der Waals surface area contributed by atoms with Crippen molar-refractivity contribution in [1.82, 2.24) is 0 Å². The van der Waals surface area contributed by atoms with Crippen LogP contribution in [0.3, 0.4) is 0 Å². The number of hydrogen-bond acceptors (Lipinski definition) is 4. The van der Waals surface area contributed by atoms with E-state index in [1.807, 2.05) is 0 Å². The fourth-order valence-corrected chi connectivity index (χ4v) is 1.37. The number of carbonyl (C=O) groups excluding carboxylic acids is 1. The lowest BCUT2D eigenvalue weighted by Gasteiger charge is -1.99. The summed E-state index contributed by atoms with van der Waals surface area (Å²) in [7, 11) is 0. The average molecular weight is 271 g/mol. The van der Waals surface area contributed by atoms with Gasteiger partial charge in [0.1, 0.15) is 0 Å². The van der Waals surface area contributed by atoms with Gasteiger partial charge in [-0.05, 0) is 24.6 Å². The van der Waals surface area contributed by atoms with Gasteiger partial charge >= 0.3 is 11.7 Å². The van der Waals surface area contributed by atoms with Crippen LogP contribution < -0.4 is 0 Å². The second-order valence-corrected chi connectivity index (χ2v) is 3.50. The molecule has 0 aliphatic heterocycles. The number of hydrogen-bond donors (Lipinski definition) is 0. The topological polar surface area (TPSA) is 69.4 Å². The van der Waals surface area contributed by atoms with Crippen LogP contribution in [-0.2, 0) is 9.53 Å². The van der Waals surface area contributed by atoms with Gasteiger partial charge in [0, 0.05) is 0 Å². The van der Waals surface area contributed by atoms with Crippen molar-refractivity contribution in [2.75, 3.05) is 6.61 Å². The number of halogens is 2. The first kappa shape index (κ1) is 14.7. The quantitative estimate of drug-likeness (QED) is 0.469. The summed E-state index contributed by atoms with van der Waals surface area (Å²) in [6, 6.07) is 1.64. The maximum absolute atomic E-state index is 13.3. The predicted molar refractivity (Wildman–Crippen MR) is 63.3 cm³/mol. The van der Waals surface area contributed by atoms with Gasteiger partial charge in [0.05, 0.1) is 18.0 Å². The summed E-state index contributed by atoms with van der Waals surface area (Å²) >= 11 is 0. The summed E-state index contributed by atoms with van der Waals surface area (Å²) in [6.45, 7) is 1.90. The number of nitro benzene ring substituents is 1. The molecule has 0 unspecified atom stereocenters. The lowest BCUT2D eigenvalue weighted by atomic mass is 10.1. The van der Waals surface area contributed by atoms with E-state index in [2.05, 4.69) is 4.74 Å². The van der Waals surface area contributed by atoms with Gasteiger partial charge in [-0.2, -0.15) is 8.78 Å². The molecular weight excluding hydrogens is 260 g/mol. The molecule has 19 heavy (non-hydrogen) atoms. The van der Waals surface area contributed by atoms with Gasteiger partial charge in [-0.3, -0.25) is 14.9 Å². The molecule has 0 heterocycles. The molecule has 0 saturated heterocycles. The fourth-order valence-electron chi connectivity index (χ4n) is 1.37. The van der Waals surface area contributed by atoms with Gasteiger partial charge < -0.3 is 4.74 Å². The molecule has 1 aromatic rings. The van der Waals surface area contributed by atoms with Crippen LogP contribution in [0.5, 0.6) is 0 Å². The van der Waals surface area contributed by atoms with Gasteiger partial charge in [0.15, 0.2) is 0 Å². The molecule has 1 aromatic carbocycles. The first-order valence-electron chi connectivity index (χ1n) is 5.41. The third kappa shape index (κ3) is 4.13. The normalized spacial score (nSPS) is 10.7. The van der Waals surface area contributed by atoms with E-state index < -0.39 is 28.2 Å². The highest BCUT2D eigenvalue weighted by atomic mass is 19.1. The molecule has 0 N–H and O–H groups in total. The molecule has 7 heteroatoms. The number of carbonyl (C=O) groups is 1. The van der Waals surface area contributed by atoms with Crippen LogP contribution >= 0.6 is 0 Å². The Morgan fingerprint density at radius 1 is 1.42 bits per heavy atom. The fraction of sp³-hybridized carbons (Fsp3) is 0.250. The molecule has 0 bridgehead atoms. The van der Waals surface area contributed by atoms with Crippen LogP contribution in [0.25, 0.3) is 6.08 Å². The molecule has 0 atom stereocenters. The van der Waals surface area contributed by atoms with E-state index in [0.717, 1.165) is 12.1 Å². The first-order valence-corrected chi connectivity index (χ1v) is 5.41. The summed E-state index contributed by atoms with van der Waals surface area (Å²) < 4.78 is 31.2. The van der Waals surface area contributed by atoms with E-state index in [1.165, 1.54) is 12.2 Å². The van der Waals surface area contributed by atoms with Crippen molar-refractivity contribution in [3.63, 3.8) is 0 Å². The molecular formula is C12H11F2NO4. The summed E-state index contributed by atoms with van der Waals surface area (Å²) in [6.07, 6.45) is 2.60. The van der Waals surface area contributed by atoms with Crippen LogP contribution in [-0.4, -0.2) is 17.5 Å². The molecule has 102 valence electrons. The number of nitro groups is 1. The maximum Gasteiger partial charge on any atom is 0.340 e. The SMILES string of the molecule is CCOC(=O)CC=Cc1cc(F)c([N+](=O)[O-])c(F)c1. The average Bonchev–Trinajstić information content (AvgIpc) is 2.27. The van der Waals surface area contributed by atoms with Crippen molar-refractivity contribution in [3.8, 4) is 0 Å². The van der Waals surface area contributed by atoms with Crippen molar-refractivity contribution in [1.29, 1.82) is 0 Å². The number of esters is 1. The van der Waals surface area contributed by atoms with E-state index >= 15 is 0 Å². The van der Waals surface area contributed by atoms with E-state index in [4.69, 9.17) is 0 Å². The van der Waals surface area contributed by atoms with Crippen LogP contribution in [0.2, 0.25) is 0 Å². The summed E-state index contributed by atoms with van der Waals surface area (Å²) in [5.74, 6) is -3.00. The van der Waals surface area contributed by atoms with Crippen LogP contribution in [0, 0.1) is 21.7 Å². The molecule has 0 radical (unpaired) electrons. The zero-order valence-corrected chi connectivity index (χ0v) is 10.1. The Labute approximate surface area is 107 Å². The lowest BCUT2D eigenvalue weighted by molar-refractivity contribution is -0.390. The first-order chi connectivity index (χ1) is 8.95. The van der Waals surface area contributed by atoms with Crippen molar-refractivity contribution < 1.29 is 23.2 Å². The van der Waals surface area contributed by atoms with Crippen LogP contribution in [0.4, 0.5) is 14.5 Å². The van der Waals surface area contributed by atoms with Gasteiger partial charge in [0.2, 0.25) is 11.6 Å². The Balaban J connectivity index is 2.84. The lowest BCUT2D eigenvalue weighted by Crippen LogP contribution is -2.01. The Hall–Kier alpha value is -2.31. The minimum absolute atomic E-state index is 0.0476. The van der Waals surface area contributed by atoms with Gasteiger partial charge in [0.25, 0.3) is 0 Å². The van der Waals surface area contributed by atoms with Crippen molar-refractivity contribution in [3.05, 3.63) is 45.5 Å². The zero-order valence-electron chi connectivity index (χ0n) is 10.1. The minimum atomic E-state index is -1.26. The molecule has 0 fully saturated rings. The van der Waals surface area contributed by atoms with E-state index in [-0.39, 0.29) is 18.6 Å². The van der Waals surface area contributed by atoms with Gasteiger partial charge in [-0.25, -0.2) is 0 Å². The predicted octanol–water partition coefficient (Wildman–Crippen LogP) is 2.84. The third-order valence-electron chi connectivity index (χ3n) is 2.12. The molecule has 0 amide bonds. The van der Waals surface area contributed by atoms with Crippen LogP contribution in [0.15, 0.2) is 18.2 Å². The Bertz CT molecular complexity index is 505. The molecule has 0 aliphatic rings. The number of benzene rings is 1. The highest BCUT2D eigenvalue weighted by Crippen LogP contribution is 2.23. The molecule has 1 rings (SSSR count). The summed E-state index contributed by atoms with van der Waals surface area (Å²) in [4.78, 5) is 20.2. The smallest absolute Gasteiger partial charge is 0.340 e. The van der Waals surface area contributed by atoms with Crippen molar-refractivity contribution >= 4 is 17.7 Å². The number of ether oxygens (including phenoxy) is 1. The Morgan fingerprint density at radius 3 is 2.47 bits per heavy atom. The Kier molecular flexibility index (Phi) is 5.11. The second kappa shape index (κ2) is 6.58. The van der Waals surface area contributed by atoms with E-state index in [9.17, 15) is 23.7 Å². The zero-order chi connectivity index (χ0) is 14.4. The van der Waals surface area contributed by atoms with Crippen molar-refractivity contribution in [2.24, 2.45) is 0 Å². The largest absolute Gasteiger partial charge is 0.466 e. The summed E-state index contributed by atoms with van der Waals surface area (Å²) in [5, 5.41) is 10.4. The number of nitrogens with zero attached hydrogens (tertiary/aromatic N) is 1. The maximum atomic E-state index is 13.3. The molecule has 0 aromatic heterocycles. The third-order valence-corrected chi connectivity index (χ3v) is 2.12. The highest BCUT2D eigenvalue weighted by Gasteiger charge is 2.21. The van der Waals surface area contributed by atoms with E-state index in [0.29, 0.717) is 0 Å². The number of rotatable bonds is 5.